The van der Waals surface area contributed by atoms with Crippen LogP contribution >= 0.6 is 11.3 Å². The molecule has 1 aromatic heterocycles. The molecular weight excluding hydrogens is 221 g/mol. The molecule has 2 N–H and O–H groups in total. The monoisotopic (exact) mass is 235 g/mol. The second-order valence-electron chi connectivity index (χ2n) is 3.61. The smallest absolute Gasteiger partial charge is 0.135 e. The second kappa shape index (κ2) is 5.23. The van der Waals surface area contributed by atoms with Gasteiger partial charge in [-0.25, -0.2) is 4.39 Å². The quantitative estimate of drug-likeness (QED) is 0.857. The molecule has 1 nitrogen and oxygen atoms in total. The summed E-state index contributed by atoms with van der Waals surface area (Å²) in [4.78, 5) is 1.87. The van der Waals surface area contributed by atoms with Crippen molar-refractivity contribution in [1.29, 1.82) is 0 Å². The molecule has 0 saturated carbocycles. The molecule has 1 heterocycles. The van der Waals surface area contributed by atoms with Crippen molar-refractivity contribution in [3.8, 4) is 10.4 Å². The van der Waals surface area contributed by atoms with Crippen molar-refractivity contribution in [1.82, 2.24) is 0 Å². The fourth-order valence-electron chi connectivity index (χ4n) is 1.57. The summed E-state index contributed by atoms with van der Waals surface area (Å²) in [5.74, 6) is 0. The predicted molar refractivity (Wildman–Crippen MR) is 67.3 cm³/mol. The van der Waals surface area contributed by atoms with E-state index in [-0.39, 0.29) is 0 Å². The standard InChI is InChI=1S/C13H14FNS/c14-11(8-9-15)13-7-6-12(16-13)10-4-2-1-3-5-10/h1-7,11H,8-9,15H2. The third-order valence-corrected chi connectivity index (χ3v) is 3.63. The van der Waals surface area contributed by atoms with E-state index in [1.165, 1.54) is 11.3 Å². The van der Waals surface area contributed by atoms with Crippen LogP contribution in [0.5, 0.6) is 0 Å². The Morgan fingerprint density at radius 1 is 1.12 bits per heavy atom. The molecule has 16 heavy (non-hydrogen) atoms. The zero-order chi connectivity index (χ0) is 11.4. The molecule has 0 saturated heterocycles. The van der Waals surface area contributed by atoms with Crippen LogP contribution < -0.4 is 5.73 Å². The Kier molecular flexibility index (Phi) is 3.70. The van der Waals surface area contributed by atoms with Gasteiger partial charge >= 0.3 is 0 Å². The van der Waals surface area contributed by atoms with E-state index in [0.29, 0.717) is 13.0 Å². The van der Waals surface area contributed by atoms with Crippen LogP contribution in [0.15, 0.2) is 42.5 Å². The number of hydrogen-bond donors (Lipinski definition) is 1. The highest BCUT2D eigenvalue weighted by Gasteiger charge is 2.11. The number of halogens is 1. The topological polar surface area (TPSA) is 26.0 Å². The largest absolute Gasteiger partial charge is 0.330 e. The number of rotatable bonds is 4. The Hall–Kier alpha value is -1.19. The summed E-state index contributed by atoms with van der Waals surface area (Å²) in [6.45, 7) is 0.389. The van der Waals surface area contributed by atoms with Crippen molar-refractivity contribution in [2.24, 2.45) is 5.73 Å². The molecule has 0 amide bonds. The summed E-state index contributed by atoms with van der Waals surface area (Å²) >= 11 is 1.50. The molecule has 2 rings (SSSR count). The summed E-state index contributed by atoms with van der Waals surface area (Å²) in [6.07, 6.45) is -0.526. The van der Waals surface area contributed by atoms with Crippen molar-refractivity contribution < 1.29 is 4.39 Å². The highest BCUT2D eigenvalue weighted by molar-refractivity contribution is 7.15. The lowest BCUT2D eigenvalue weighted by atomic mass is 10.2. The molecule has 1 unspecified atom stereocenters. The maximum Gasteiger partial charge on any atom is 0.135 e. The fourth-order valence-corrected chi connectivity index (χ4v) is 2.59. The van der Waals surface area contributed by atoms with Crippen molar-refractivity contribution in [2.75, 3.05) is 6.54 Å². The van der Waals surface area contributed by atoms with Gasteiger partial charge in [-0.3, -0.25) is 0 Å². The Balaban J connectivity index is 2.20. The molecule has 0 fully saturated rings. The van der Waals surface area contributed by atoms with Gasteiger partial charge in [0.1, 0.15) is 6.17 Å². The summed E-state index contributed by atoms with van der Waals surface area (Å²) in [5.41, 5.74) is 6.49. The number of benzene rings is 1. The van der Waals surface area contributed by atoms with Crippen molar-refractivity contribution in [3.63, 3.8) is 0 Å². The van der Waals surface area contributed by atoms with Crippen molar-refractivity contribution >= 4 is 11.3 Å². The number of nitrogens with two attached hydrogens (primary N) is 1. The van der Waals surface area contributed by atoms with Crippen molar-refractivity contribution in [2.45, 2.75) is 12.6 Å². The predicted octanol–water partition coefficient (Wildman–Crippen LogP) is 3.77. The number of hydrogen-bond acceptors (Lipinski definition) is 2. The van der Waals surface area contributed by atoms with E-state index in [2.05, 4.69) is 0 Å². The summed E-state index contributed by atoms with van der Waals surface area (Å²) in [5, 5.41) is 0. The van der Waals surface area contributed by atoms with Crippen molar-refractivity contribution in [3.05, 3.63) is 47.3 Å². The molecule has 0 aliphatic carbocycles. The third kappa shape index (κ3) is 2.49. The van der Waals surface area contributed by atoms with E-state index in [0.717, 1.165) is 15.3 Å². The minimum atomic E-state index is -0.924. The Morgan fingerprint density at radius 3 is 2.56 bits per heavy atom. The Bertz CT molecular complexity index is 438. The zero-order valence-electron chi connectivity index (χ0n) is 8.90. The number of thiophene rings is 1. The Morgan fingerprint density at radius 2 is 1.88 bits per heavy atom. The lowest BCUT2D eigenvalue weighted by molar-refractivity contribution is 0.333. The minimum Gasteiger partial charge on any atom is -0.330 e. The molecule has 84 valence electrons. The highest BCUT2D eigenvalue weighted by Crippen LogP contribution is 2.33. The molecule has 0 radical (unpaired) electrons. The van der Waals surface area contributed by atoms with E-state index in [4.69, 9.17) is 5.73 Å². The first-order chi connectivity index (χ1) is 7.81. The number of alkyl halides is 1. The minimum absolute atomic E-state index is 0.389. The molecule has 0 spiro atoms. The maximum atomic E-state index is 13.6. The second-order valence-corrected chi connectivity index (χ2v) is 4.73. The first-order valence-electron chi connectivity index (χ1n) is 5.30. The molecule has 1 aromatic carbocycles. The van der Waals surface area contributed by atoms with Crippen LogP contribution in [0.25, 0.3) is 10.4 Å². The van der Waals surface area contributed by atoms with Gasteiger partial charge in [-0.1, -0.05) is 30.3 Å². The molecule has 0 aliphatic heterocycles. The van der Waals surface area contributed by atoms with Crippen LogP contribution in [0.4, 0.5) is 4.39 Å². The van der Waals surface area contributed by atoms with Crippen LogP contribution in [0.3, 0.4) is 0 Å². The van der Waals surface area contributed by atoms with E-state index < -0.39 is 6.17 Å². The average molecular weight is 235 g/mol. The Labute approximate surface area is 98.7 Å². The van der Waals surface area contributed by atoms with Gasteiger partial charge in [0.2, 0.25) is 0 Å². The fraction of sp³-hybridized carbons (Fsp3) is 0.231. The molecular formula is C13H14FNS. The van der Waals surface area contributed by atoms with Crippen LogP contribution in [0.1, 0.15) is 17.5 Å². The van der Waals surface area contributed by atoms with Gasteiger partial charge in [0, 0.05) is 9.75 Å². The van der Waals surface area contributed by atoms with Gasteiger partial charge in [-0.15, -0.1) is 11.3 Å². The van der Waals surface area contributed by atoms with E-state index >= 15 is 0 Å². The summed E-state index contributed by atoms with van der Waals surface area (Å²) in [7, 11) is 0. The third-order valence-electron chi connectivity index (χ3n) is 2.41. The zero-order valence-corrected chi connectivity index (χ0v) is 9.71. The van der Waals surface area contributed by atoms with Gasteiger partial charge in [0.15, 0.2) is 0 Å². The highest BCUT2D eigenvalue weighted by atomic mass is 32.1. The average Bonchev–Trinajstić information content (AvgIpc) is 2.80. The molecule has 2 aromatic rings. The molecule has 0 aliphatic rings. The van der Waals surface area contributed by atoms with E-state index in [1.54, 1.807) is 0 Å². The van der Waals surface area contributed by atoms with Gasteiger partial charge in [0.25, 0.3) is 0 Å². The first-order valence-corrected chi connectivity index (χ1v) is 6.12. The van der Waals surface area contributed by atoms with Crippen LogP contribution in [-0.4, -0.2) is 6.54 Å². The lowest BCUT2D eigenvalue weighted by Crippen LogP contribution is -2.02. The van der Waals surface area contributed by atoms with Crippen LogP contribution in [0.2, 0.25) is 0 Å². The van der Waals surface area contributed by atoms with Gasteiger partial charge in [-0.2, -0.15) is 0 Å². The maximum absolute atomic E-state index is 13.6. The van der Waals surface area contributed by atoms with E-state index in [1.807, 2.05) is 42.5 Å². The lowest BCUT2D eigenvalue weighted by Gasteiger charge is -2.02. The first kappa shape index (κ1) is 11.3. The molecule has 0 bridgehead atoms. The SMILES string of the molecule is NCCC(F)c1ccc(-c2ccccc2)s1. The van der Waals surface area contributed by atoms with Gasteiger partial charge in [-0.05, 0) is 30.7 Å². The van der Waals surface area contributed by atoms with E-state index in [9.17, 15) is 4.39 Å². The molecule has 1 atom stereocenters. The summed E-state index contributed by atoms with van der Waals surface area (Å²) in [6, 6.07) is 13.8. The van der Waals surface area contributed by atoms with Crippen LogP contribution in [0, 0.1) is 0 Å². The van der Waals surface area contributed by atoms with Gasteiger partial charge in [0.05, 0.1) is 0 Å². The summed E-state index contributed by atoms with van der Waals surface area (Å²) < 4.78 is 13.6. The van der Waals surface area contributed by atoms with Gasteiger partial charge < -0.3 is 5.73 Å². The van der Waals surface area contributed by atoms with Crippen LogP contribution in [-0.2, 0) is 0 Å². The normalized spacial score (nSPS) is 12.6. The molecule has 3 heteroatoms.